The highest BCUT2D eigenvalue weighted by Gasteiger charge is 2.22. The SMILES string of the molecule is CC(=O)c1oc(C)c2c1CCCN2. The van der Waals surface area contributed by atoms with Crippen LogP contribution in [0.15, 0.2) is 4.42 Å². The Morgan fingerprint density at radius 2 is 2.31 bits per heavy atom. The maximum absolute atomic E-state index is 11.2. The van der Waals surface area contributed by atoms with E-state index >= 15 is 0 Å². The van der Waals surface area contributed by atoms with Crippen molar-refractivity contribution < 1.29 is 9.21 Å². The summed E-state index contributed by atoms with van der Waals surface area (Å²) in [7, 11) is 0. The quantitative estimate of drug-likeness (QED) is 0.671. The molecule has 13 heavy (non-hydrogen) atoms. The molecule has 2 heterocycles. The van der Waals surface area contributed by atoms with E-state index in [0.29, 0.717) is 5.76 Å². The summed E-state index contributed by atoms with van der Waals surface area (Å²) in [6.07, 6.45) is 2.03. The predicted octanol–water partition coefficient (Wildman–Crippen LogP) is 2.15. The number of ketones is 1. The van der Waals surface area contributed by atoms with E-state index in [2.05, 4.69) is 5.32 Å². The number of hydrogen-bond acceptors (Lipinski definition) is 3. The number of carbonyl (C=O) groups excluding carboxylic acids is 1. The van der Waals surface area contributed by atoms with Crippen LogP contribution in [0.5, 0.6) is 0 Å². The number of carbonyl (C=O) groups is 1. The van der Waals surface area contributed by atoms with Crippen LogP contribution in [0, 0.1) is 6.92 Å². The molecule has 1 aromatic heterocycles. The first-order chi connectivity index (χ1) is 6.20. The Morgan fingerprint density at radius 3 is 3.00 bits per heavy atom. The van der Waals surface area contributed by atoms with E-state index in [1.165, 1.54) is 0 Å². The Balaban J connectivity index is 2.53. The van der Waals surface area contributed by atoms with Crippen molar-refractivity contribution in [1.82, 2.24) is 0 Å². The highest BCUT2D eigenvalue weighted by atomic mass is 16.3. The van der Waals surface area contributed by atoms with Crippen molar-refractivity contribution in [3.8, 4) is 0 Å². The average Bonchev–Trinajstić information content (AvgIpc) is 2.45. The Hall–Kier alpha value is -1.25. The van der Waals surface area contributed by atoms with Crippen LogP contribution >= 0.6 is 0 Å². The molecule has 0 amide bonds. The second-order valence-electron chi connectivity index (χ2n) is 3.43. The summed E-state index contributed by atoms with van der Waals surface area (Å²) in [4.78, 5) is 11.2. The van der Waals surface area contributed by atoms with Gasteiger partial charge in [-0.3, -0.25) is 4.79 Å². The molecule has 0 bridgehead atoms. The Morgan fingerprint density at radius 1 is 1.54 bits per heavy atom. The van der Waals surface area contributed by atoms with Gasteiger partial charge < -0.3 is 9.73 Å². The van der Waals surface area contributed by atoms with Gasteiger partial charge in [0.05, 0.1) is 5.69 Å². The zero-order chi connectivity index (χ0) is 9.42. The van der Waals surface area contributed by atoms with E-state index in [9.17, 15) is 4.79 Å². The maximum Gasteiger partial charge on any atom is 0.195 e. The van der Waals surface area contributed by atoms with Gasteiger partial charge in [-0.05, 0) is 19.8 Å². The third-order valence-corrected chi connectivity index (χ3v) is 2.41. The molecule has 0 aliphatic carbocycles. The van der Waals surface area contributed by atoms with E-state index in [1.807, 2.05) is 6.92 Å². The maximum atomic E-state index is 11.2. The van der Waals surface area contributed by atoms with E-state index in [1.54, 1.807) is 6.92 Å². The van der Waals surface area contributed by atoms with Crippen molar-refractivity contribution in [3.63, 3.8) is 0 Å². The van der Waals surface area contributed by atoms with Crippen molar-refractivity contribution in [1.29, 1.82) is 0 Å². The Labute approximate surface area is 77.1 Å². The predicted molar refractivity (Wildman–Crippen MR) is 50.3 cm³/mol. The van der Waals surface area contributed by atoms with Crippen LogP contribution in [0.3, 0.4) is 0 Å². The van der Waals surface area contributed by atoms with Crippen LogP contribution in [0.4, 0.5) is 5.69 Å². The molecule has 0 atom stereocenters. The summed E-state index contributed by atoms with van der Waals surface area (Å²) < 4.78 is 5.42. The monoisotopic (exact) mass is 179 g/mol. The van der Waals surface area contributed by atoms with Crippen LogP contribution in [0.1, 0.15) is 35.2 Å². The zero-order valence-electron chi connectivity index (χ0n) is 7.94. The van der Waals surface area contributed by atoms with Crippen LogP contribution in [-0.4, -0.2) is 12.3 Å². The number of furan rings is 1. The molecule has 0 radical (unpaired) electrons. The molecule has 1 N–H and O–H groups in total. The van der Waals surface area contributed by atoms with Gasteiger partial charge in [-0.15, -0.1) is 0 Å². The molecule has 1 aliphatic rings. The Bertz CT molecular complexity index is 352. The molecule has 70 valence electrons. The molecule has 0 spiro atoms. The number of Topliss-reactive ketones (excluding diaryl/α,β-unsaturated/α-hetero) is 1. The molecule has 0 unspecified atom stereocenters. The lowest BCUT2D eigenvalue weighted by Gasteiger charge is -2.13. The topological polar surface area (TPSA) is 42.2 Å². The molecule has 1 aromatic rings. The van der Waals surface area contributed by atoms with Crippen molar-refractivity contribution in [2.45, 2.75) is 26.7 Å². The highest BCUT2D eigenvalue weighted by molar-refractivity contribution is 5.94. The first-order valence-electron chi connectivity index (χ1n) is 4.57. The lowest BCUT2D eigenvalue weighted by Crippen LogP contribution is -2.12. The first kappa shape index (κ1) is 8.35. The molecule has 3 nitrogen and oxygen atoms in total. The van der Waals surface area contributed by atoms with E-state index in [4.69, 9.17) is 4.42 Å². The zero-order valence-corrected chi connectivity index (χ0v) is 7.94. The van der Waals surface area contributed by atoms with Crippen LogP contribution < -0.4 is 5.32 Å². The number of rotatable bonds is 1. The molecular weight excluding hydrogens is 166 g/mol. The molecule has 0 saturated heterocycles. The number of hydrogen-bond donors (Lipinski definition) is 1. The summed E-state index contributed by atoms with van der Waals surface area (Å²) in [5.74, 6) is 1.40. The van der Waals surface area contributed by atoms with Crippen molar-refractivity contribution in [2.75, 3.05) is 11.9 Å². The number of aryl methyl sites for hydroxylation is 1. The number of anilines is 1. The summed E-state index contributed by atoms with van der Waals surface area (Å²) in [5, 5.41) is 3.26. The summed E-state index contributed by atoms with van der Waals surface area (Å²) >= 11 is 0. The van der Waals surface area contributed by atoms with Gasteiger partial charge in [-0.1, -0.05) is 0 Å². The second kappa shape index (κ2) is 2.91. The molecule has 0 saturated carbocycles. The fourth-order valence-electron chi connectivity index (χ4n) is 1.82. The fourth-order valence-corrected chi connectivity index (χ4v) is 1.82. The summed E-state index contributed by atoms with van der Waals surface area (Å²) in [6, 6.07) is 0. The van der Waals surface area contributed by atoms with Gasteiger partial charge in [0, 0.05) is 19.0 Å². The van der Waals surface area contributed by atoms with E-state index in [-0.39, 0.29) is 5.78 Å². The molecular formula is C10H13NO2. The first-order valence-corrected chi connectivity index (χ1v) is 4.57. The highest BCUT2D eigenvalue weighted by Crippen LogP contribution is 2.31. The Kier molecular flexibility index (Phi) is 1.87. The second-order valence-corrected chi connectivity index (χ2v) is 3.43. The third kappa shape index (κ3) is 1.24. The standard InChI is InChI=1S/C10H13NO2/c1-6(12)10-8-4-3-5-11-9(8)7(2)13-10/h11H,3-5H2,1-2H3. The summed E-state index contributed by atoms with van der Waals surface area (Å²) in [5.41, 5.74) is 2.10. The van der Waals surface area contributed by atoms with Gasteiger partial charge in [-0.25, -0.2) is 0 Å². The minimum atomic E-state index is 0.0213. The molecule has 3 heteroatoms. The summed E-state index contributed by atoms with van der Waals surface area (Å²) in [6.45, 7) is 4.42. The van der Waals surface area contributed by atoms with Gasteiger partial charge in [0.15, 0.2) is 11.5 Å². The normalized spacial score (nSPS) is 14.9. The minimum Gasteiger partial charge on any atom is -0.456 e. The third-order valence-electron chi connectivity index (χ3n) is 2.41. The van der Waals surface area contributed by atoms with Crippen LogP contribution in [0.25, 0.3) is 0 Å². The number of nitrogens with one attached hydrogen (secondary N) is 1. The minimum absolute atomic E-state index is 0.0213. The average molecular weight is 179 g/mol. The van der Waals surface area contributed by atoms with Crippen molar-refractivity contribution >= 4 is 11.5 Å². The fraction of sp³-hybridized carbons (Fsp3) is 0.500. The molecule has 0 fully saturated rings. The molecule has 0 aromatic carbocycles. The van der Waals surface area contributed by atoms with Gasteiger partial charge >= 0.3 is 0 Å². The van der Waals surface area contributed by atoms with E-state index in [0.717, 1.165) is 36.4 Å². The van der Waals surface area contributed by atoms with Gasteiger partial charge in [-0.2, -0.15) is 0 Å². The van der Waals surface area contributed by atoms with Crippen molar-refractivity contribution in [2.24, 2.45) is 0 Å². The largest absolute Gasteiger partial charge is 0.456 e. The van der Waals surface area contributed by atoms with E-state index < -0.39 is 0 Å². The van der Waals surface area contributed by atoms with Crippen molar-refractivity contribution in [3.05, 3.63) is 17.1 Å². The van der Waals surface area contributed by atoms with Crippen LogP contribution in [0.2, 0.25) is 0 Å². The van der Waals surface area contributed by atoms with Gasteiger partial charge in [0.2, 0.25) is 0 Å². The number of fused-ring (bicyclic) bond motifs is 1. The van der Waals surface area contributed by atoms with Gasteiger partial charge in [0.1, 0.15) is 5.76 Å². The molecule has 1 aliphatic heterocycles. The molecule has 2 rings (SSSR count). The lowest BCUT2D eigenvalue weighted by molar-refractivity contribution is 0.0984. The van der Waals surface area contributed by atoms with Crippen LogP contribution in [-0.2, 0) is 6.42 Å². The smallest absolute Gasteiger partial charge is 0.195 e. The lowest BCUT2D eigenvalue weighted by atomic mass is 10.0. The van der Waals surface area contributed by atoms with Gasteiger partial charge in [0.25, 0.3) is 0 Å².